The summed E-state index contributed by atoms with van der Waals surface area (Å²) in [5, 5.41) is 0. The Morgan fingerprint density at radius 1 is 1.23 bits per heavy atom. The fraction of sp³-hybridized carbons (Fsp3) is 0.929. The highest BCUT2D eigenvalue weighted by Crippen LogP contribution is 2.33. The van der Waals surface area contributed by atoms with Crippen LogP contribution < -0.4 is 10.5 Å². The van der Waals surface area contributed by atoms with Crippen LogP contribution in [0, 0.1) is 11.8 Å². The molecule has 1 heterocycles. The van der Waals surface area contributed by atoms with Gasteiger partial charge in [-0.2, -0.15) is 0 Å². The molecular formula is C14H28ClN3O3S. The highest BCUT2D eigenvalue weighted by Gasteiger charge is 2.37. The van der Waals surface area contributed by atoms with Gasteiger partial charge in [0.25, 0.3) is 0 Å². The molecule has 0 aromatic carbocycles. The number of hydrogen-bond donors (Lipinski definition) is 2. The van der Waals surface area contributed by atoms with Gasteiger partial charge in [-0.15, -0.1) is 12.4 Å². The van der Waals surface area contributed by atoms with Crippen molar-refractivity contribution < 1.29 is 13.2 Å². The monoisotopic (exact) mass is 353 g/mol. The standard InChI is InChI=1S/C14H27N3O3S.ClH/c1-21(19,20)16-10-12-6-2-3-8-17(12)14(18)13-7-4-5-11(13)9-15;/h11-13,16H,2-10,15H2,1H3;1H/t11-,12?,13-;/m1./s1. The summed E-state index contributed by atoms with van der Waals surface area (Å²) in [6.45, 7) is 1.63. The van der Waals surface area contributed by atoms with Gasteiger partial charge in [0.2, 0.25) is 15.9 Å². The molecular weight excluding hydrogens is 326 g/mol. The lowest BCUT2D eigenvalue weighted by Gasteiger charge is -2.38. The van der Waals surface area contributed by atoms with E-state index in [2.05, 4.69) is 4.72 Å². The highest BCUT2D eigenvalue weighted by molar-refractivity contribution is 7.88. The molecule has 0 aromatic heterocycles. The zero-order valence-electron chi connectivity index (χ0n) is 13.2. The van der Waals surface area contributed by atoms with Crippen LogP contribution in [0.2, 0.25) is 0 Å². The Labute approximate surface area is 139 Å². The molecule has 0 spiro atoms. The number of piperidine rings is 1. The predicted octanol–water partition coefficient (Wildman–Crippen LogP) is 0.714. The van der Waals surface area contributed by atoms with Gasteiger partial charge in [-0.25, -0.2) is 13.1 Å². The second kappa shape index (κ2) is 8.47. The van der Waals surface area contributed by atoms with E-state index in [1.54, 1.807) is 0 Å². The molecule has 2 aliphatic rings. The molecule has 1 saturated carbocycles. The molecule has 1 aliphatic heterocycles. The number of carbonyl (C=O) groups is 1. The molecule has 22 heavy (non-hydrogen) atoms. The van der Waals surface area contributed by atoms with Crippen LogP contribution in [0.15, 0.2) is 0 Å². The lowest BCUT2D eigenvalue weighted by molar-refractivity contribution is -0.140. The van der Waals surface area contributed by atoms with E-state index in [1.165, 1.54) is 0 Å². The number of carbonyl (C=O) groups excluding carboxylic acids is 1. The van der Waals surface area contributed by atoms with Gasteiger partial charge in [-0.05, 0) is 44.6 Å². The van der Waals surface area contributed by atoms with Crippen LogP contribution in [-0.4, -0.2) is 51.2 Å². The maximum absolute atomic E-state index is 12.8. The smallest absolute Gasteiger partial charge is 0.226 e. The van der Waals surface area contributed by atoms with Crippen molar-refractivity contribution in [3.05, 3.63) is 0 Å². The maximum atomic E-state index is 12.8. The van der Waals surface area contributed by atoms with Crippen molar-refractivity contribution >= 4 is 28.3 Å². The third-order valence-corrected chi connectivity index (χ3v) is 5.46. The van der Waals surface area contributed by atoms with Crippen LogP contribution in [0.25, 0.3) is 0 Å². The molecule has 1 unspecified atom stereocenters. The summed E-state index contributed by atoms with van der Waals surface area (Å²) in [5.41, 5.74) is 5.78. The molecule has 3 N–H and O–H groups in total. The first-order chi connectivity index (χ1) is 9.92. The number of hydrogen-bond acceptors (Lipinski definition) is 4. The molecule has 8 heteroatoms. The van der Waals surface area contributed by atoms with E-state index >= 15 is 0 Å². The third kappa shape index (κ3) is 5.08. The Kier molecular flexibility index (Phi) is 7.58. The molecule has 130 valence electrons. The lowest BCUT2D eigenvalue weighted by atomic mass is 9.92. The normalized spacial score (nSPS) is 29.2. The van der Waals surface area contributed by atoms with Crippen LogP contribution >= 0.6 is 12.4 Å². The van der Waals surface area contributed by atoms with Crippen LogP contribution in [0.5, 0.6) is 0 Å². The number of sulfonamides is 1. The highest BCUT2D eigenvalue weighted by atomic mass is 35.5. The van der Waals surface area contributed by atoms with E-state index in [0.29, 0.717) is 19.0 Å². The van der Waals surface area contributed by atoms with Gasteiger partial charge in [0.1, 0.15) is 0 Å². The van der Waals surface area contributed by atoms with Crippen molar-refractivity contribution in [2.45, 2.75) is 44.6 Å². The Balaban J connectivity index is 0.00000242. The quantitative estimate of drug-likeness (QED) is 0.761. The van der Waals surface area contributed by atoms with Gasteiger partial charge < -0.3 is 10.6 Å². The lowest BCUT2D eigenvalue weighted by Crippen LogP contribution is -2.51. The minimum Gasteiger partial charge on any atom is -0.338 e. The first-order valence-electron chi connectivity index (χ1n) is 7.87. The van der Waals surface area contributed by atoms with Gasteiger partial charge in [0.15, 0.2) is 0 Å². The summed E-state index contributed by atoms with van der Waals surface area (Å²) in [6.07, 6.45) is 7.10. The molecule has 0 radical (unpaired) electrons. The third-order valence-electron chi connectivity index (χ3n) is 4.77. The SMILES string of the molecule is CS(=O)(=O)NCC1CCCCN1C(=O)[C@@H]1CCC[C@@H]1CN.Cl. The Hall–Kier alpha value is -0.370. The van der Waals surface area contributed by atoms with E-state index in [-0.39, 0.29) is 30.3 Å². The molecule has 2 rings (SSSR count). The van der Waals surface area contributed by atoms with E-state index < -0.39 is 10.0 Å². The van der Waals surface area contributed by atoms with Gasteiger partial charge in [0.05, 0.1) is 6.26 Å². The van der Waals surface area contributed by atoms with Crippen LogP contribution in [-0.2, 0) is 14.8 Å². The van der Waals surface area contributed by atoms with Gasteiger partial charge >= 0.3 is 0 Å². The minimum absolute atomic E-state index is 0. The number of nitrogens with one attached hydrogen (secondary N) is 1. The topological polar surface area (TPSA) is 92.5 Å². The van der Waals surface area contributed by atoms with Crippen LogP contribution in [0.1, 0.15) is 38.5 Å². The van der Waals surface area contributed by atoms with Crippen molar-refractivity contribution in [1.82, 2.24) is 9.62 Å². The molecule has 1 saturated heterocycles. The van der Waals surface area contributed by atoms with Crippen LogP contribution in [0.4, 0.5) is 0 Å². The molecule has 1 amide bonds. The summed E-state index contributed by atoms with van der Waals surface area (Å²) in [4.78, 5) is 14.7. The average Bonchev–Trinajstić information content (AvgIpc) is 2.92. The van der Waals surface area contributed by atoms with E-state index in [1.807, 2.05) is 4.90 Å². The van der Waals surface area contributed by atoms with Crippen molar-refractivity contribution in [3.8, 4) is 0 Å². The molecule has 1 aliphatic carbocycles. The Morgan fingerprint density at radius 2 is 1.95 bits per heavy atom. The number of nitrogens with zero attached hydrogens (tertiary/aromatic N) is 1. The second-order valence-corrected chi connectivity index (χ2v) is 8.17. The summed E-state index contributed by atoms with van der Waals surface area (Å²) in [6, 6.07) is -0.0139. The Morgan fingerprint density at radius 3 is 2.59 bits per heavy atom. The van der Waals surface area contributed by atoms with Crippen molar-refractivity contribution in [1.29, 1.82) is 0 Å². The number of rotatable bonds is 5. The fourth-order valence-corrected chi connectivity index (χ4v) is 4.10. The number of nitrogens with two attached hydrogens (primary N) is 1. The number of likely N-dealkylation sites (tertiary alicyclic amines) is 1. The molecule has 2 fully saturated rings. The summed E-state index contributed by atoms with van der Waals surface area (Å²) in [7, 11) is -3.22. The molecule has 3 atom stereocenters. The Bertz CT molecular complexity index is 472. The van der Waals surface area contributed by atoms with Crippen molar-refractivity contribution in [2.24, 2.45) is 17.6 Å². The largest absolute Gasteiger partial charge is 0.338 e. The minimum atomic E-state index is -3.22. The van der Waals surface area contributed by atoms with Gasteiger partial charge in [-0.1, -0.05) is 6.42 Å². The van der Waals surface area contributed by atoms with Crippen molar-refractivity contribution in [2.75, 3.05) is 25.9 Å². The van der Waals surface area contributed by atoms with Gasteiger partial charge in [-0.3, -0.25) is 4.79 Å². The fourth-order valence-electron chi connectivity index (χ4n) is 3.61. The average molecular weight is 354 g/mol. The zero-order chi connectivity index (χ0) is 15.5. The van der Waals surface area contributed by atoms with Crippen LogP contribution in [0.3, 0.4) is 0 Å². The first kappa shape index (κ1) is 19.7. The zero-order valence-corrected chi connectivity index (χ0v) is 14.8. The first-order valence-corrected chi connectivity index (χ1v) is 9.76. The summed E-state index contributed by atoms with van der Waals surface area (Å²) < 4.78 is 25.1. The van der Waals surface area contributed by atoms with E-state index in [4.69, 9.17) is 5.73 Å². The van der Waals surface area contributed by atoms with Crippen molar-refractivity contribution in [3.63, 3.8) is 0 Å². The molecule has 0 aromatic rings. The second-order valence-electron chi connectivity index (χ2n) is 6.34. The van der Waals surface area contributed by atoms with Gasteiger partial charge in [0, 0.05) is 25.0 Å². The molecule has 0 bridgehead atoms. The summed E-state index contributed by atoms with van der Waals surface area (Å²) >= 11 is 0. The summed E-state index contributed by atoms with van der Waals surface area (Å²) in [5.74, 6) is 0.514. The predicted molar refractivity (Wildman–Crippen MR) is 89.3 cm³/mol. The number of amides is 1. The van der Waals surface area contributed by atoms with E-state index in [0.717, 1.165) is 51.3 Å². The maximum Gasteiger partial charge on any atom is 0.226 e. The number of halogens is 1. The van der Waals surface area contributed by atoms with E-state index in [9.17, 15) is 13.2 Å². The molecule has 6 nitrogen and oxygen atoms in total.